The molecule has 0 spiro atoms. The van der Waals surface area contributed by atoms with Crippen molar-refractivity contribution >= 4 is 35.2 Å². The average Bonchev–Trinajstić information content (AvgIpc) is 3.22. The summed E-state index contributed by atoms with van der Waals surface area (Å²) in [7, 11) is 0. The summed E-state index contributed by atoms with van der Waals surface area (Å²) in [4.78, 5) is 27.8. The molecule has 6 heteroatoms. The smallest absolute Gasteiger partial charge is 0.253 e. The molecule has 1 aliphatic rings. The number of halogens is 1. The zero-order valence-electron chi connectivity index (χ0n) is 15.3. The molecule has 2 aromatic carbocycles. The highest BCUT2D eigenvalue weighted by Gasteiger charge is 2.19. The van der Waals surface area contributed by atoms with Gasteiger partial charge in [-0.05, 0) is 61.7 Å². The molecule has 1 fully saturated rings. The van der Waals surface area contributed by atoms with Crippen LogP contribution in [-0.2, 0) is 11.3 Å². The topological polar surface area (TPSA) is 49.4 Å². The number of amides is 2. The molecule has 0 aliphatic carbocycles. The van der Waals surface area contributed by atoms with E-state index in [9.17, 15) is 9.59 Å². The second-order valence-electron chi connectivity index (χ2n) is 6.63. The van der Waals surface area contributed by atoms with Gasteiger partial charge in [0.1, 0.15) is 0 Å². The lowest BCUT2D eigenvalue weighted by Gasteiger charge is -2.16. The van der Waals surface area contributed by atoms with Gasteiger partial charge in [0.15, 0.2) is 0 Å². The van der Waals surface area contributed by atoms with Crippen molar-refractivity contribution in [2.24, 2.45) is 0 Å². The van der Waals surface area contributed by atoms with Crippen LogP contribution in [0, 0.1) is 0 Å². The minimum atomic E-state index is -0.222. The second kappa shape index (κ2) is 9.29. The monoisotopic (exact) mass is 402 g/mol. The van der Waals surface area contributed by atoms with Crippen LogP contribution in [0.15, 0.2) is 53.4 Å². The van der Waals surface area contributed by atoms with Crippen molar-refractivity contribution in [1.29, 1.82) is 0 Å². The summed E-state index contributed by atoms with van der Waals surface area (Å²) in [5.74, 6) is 0.0403. The van der Waals surface area contributed by atoms with E-state index < -0.39 is 0 Å². The maximum atomic E-state index is 12.5. The van der Waals surface area contributed by atoms with E-state index in [4.69, 9.17) is 11.6 Å². The van der Waals surface area contributed by atoms with E-state index in [0.717, 1.165) is 36.4 Å². The fraction of sp³-hybridized carbons (Fsp3) is 0.333. The Bertz CT molecular complexity index is 804. The third kappa shape index (κ3) is 5.50. The van der Waals surface area contributed by atoms with Crippen LogP contribution >= 0.6 is 23.4 Å². The molecule has 1 atom stereocenters. The number of likely N-dealkylation sites (tertiary alicyclic amines) is 1. The highest BCUT2D eigenvalue weighted by molar-refractivity contribution is 8.00. The average molecular weight is 403 g/mol. The Morgan fingerprint density at radius 1 is 1.15 bits per heavy atom. The largest absolute Gasteiger partial charge is 0.351 e. The van der Waals surface area contributed by atoms with Crippen LogP contribution in [0.5, 0.6) is 0 Å². The lowest BCUT2D eigenvalue weighted by atomic mass is 10.1. The molecule has 2 amide bonds. The Kier molecular flexibility index (Phi) is 6.80. The predicted octanol–water partition coefficient (Wildman–Crippen LogP) is 4.37. The molecule has 0 bridgehead atoms. The summed E-state index contributed by atoms with van der Waals surface area (Å²) in [5, 5.41) is 3.41. The minimum Gasteiger partial charge on any atom is -0.351 e. The van der Waals surface area contributed by atoms with Gasteiger partial charge in [0.05, 0.1) is 5.25 Å². The lowest BCUT2D eigenvalue weighted by molar-refractivity contribution is -0.120. The fourth-order valence-corrected chi connectivity index (χ4v) is 4.04. The number of hydrogen-bond acceptors (Lipinski definition) is 3. The maximum absolute atomic E-state index is 12.5. The van der Waals surface area contributed by atoms with Crippen molar-refractivity contribution in [3.8, 4) is 0 Å². The summed E-state index contributed by atoms with van der Waals surface area (Å²) in [6.45, 7) is 3.95. The van der Waals surface area contributed by atoms with Crippen LogP contribution in [0.2, 0.25) is 5.02 Å². The highest BCUT2D eigenvalue weighted by atomic mass is 35.5. The Labute approximate surface area is 169 Å². The van der Waals surface area contributed by atoms with Crippen LogP contribution in [0.1, 0.15) is 35.7 Å². The van der Waals surface area contributed by atoms with E-state index in [-0.39, 0.29) is 17.1 Å². The summed E-state index contributed by atoms with van der Waals surface area (Å²) in [6.07, 6.45) is 2.15. The Morgan fingerprint density at radius 3 is 2.56 bits per heavy atom. The molecule has 3 rings (SSSR count). The number of carbonyl (C=O) groups is 2. The number of thioether (sulfide) groups is 1. The molecule has 1 saturated heterocycles. The van der Waals surface area contributed by atoms with E-state index in [1.54, 1.807) is 0 Å². The zero-order chi connectivity index (χ0) is 19.2. The van der Waals surface area contributed by atoms with Crippen LogP contribution in [-0.4, -0.2) is 35.1 Å². The highest BCUT2D eigenvalue weighted by Crippen LogP contribution is 2.24. The van der Waals surface area contributed by atoms with Gasteiger partial charge in [0.2, 0.25) is 5.91 Å². The Balaban J connectivity index is 1.54. The molecule has 4 nitrogen and oxygen atoms in total. The van der Waals surface area contributed by atoms with Gasteiger partial charge in [-0.3, -0.25) is 9.59 Å². The Hall–Kier alpha value is -1.98. The van der Waals surface area contributed by atoms with Gasteiger partial charge in [0.25, 0.3) is 5.91 Å². The van der Waals surface area contributed by atoms with Gasteiger partial charge in [-0.25, -0.2) is 0 Å². The molecule has 0 radical (unpaired) electrons. The maximum Gasteiger partial charge on any atom is 0.253 e. The Morgan fingerprint density at radius 2 is 1.85 bits per heavy atom. The lowest BCUT2D eigenvalue weighted by Crippen LogP contribution is -2.30. The third-order valence-corrected chi connectivity index (χ3v) is 5.89. The van der Waals surface area contributed by atoms with Crippen LogP contribution in [0.4, 0.5) is 0 Å². The van der Waals surface area contributed by atoms with Gasteiger partial charge in [-0.2, -0.15) is 0 Å². The molecule has 1 heterocycles. The normalized spacial score (nSPS) is 14.8. The standard InChI is InChI=1S/C21H23ClN2O2S/c1-15(27-19-9-7-18(22)8-10-19)20(25)23-14-16-5-4-6-17(13-16)21(26)24-11-2-3-12-24/h4-10,13,15H,2-3,11-12,14H2,1H3,(H,23,25). The molecule has 0 aromatic heterocycles. The van der Waals surface area contributed by atoms with Gasteiger partial charge in [-0.15, -0.1) is 11.8 Å². The minimum absolute atomic E-state index is 0.0359. The van der Waals surface area contributed by atoms with Crippen molar-refractivity contribution in [2.45, 2.75) is 36.5 Å². The summed E-state index contributed by atoms with van der Waals surface area (Å²) in [5.41, 5.74) is 1.62. The molecule has 1 N–H and O–H groups in total. The van der Waals surface area contributed by atoms with Gasteiger partial charge >= 0.3 is 0 Å². The molecule has 1 aliphatic heterocycles. The molecule has 1 unspecified atom stereocenters. The van der Waals surface area contributed by atoms with E-state index in [1.165, 1.54) is 11.8 Å². The number of nitrogens with one attached hydrogen (secondary N) is 1. The van der Waals surface area contributed by atoms with Crippen molar-refractivity contribution in [1.82, 2.24) is 10.2 Å². The third-order valence-electron chi connectivity index (χ3n) is 4.53. The summed E-state index contributed by atoms with van der Waals surface area (Å²) in [6, 6.07) is 15.0. The SMILES string of the molecule is CC(Sc1ccc(Cl)cc1)C(=O)NCc1cccc(C(=O)N2CCCC2)c1. The van der Waals surface area contributed by atoms with E-state index in [1.807, 2.05) is 60.4 Å². The fourth-order valence-electron chi connectivity index (χ4n) is 3.02. The molecule has 142 valence electrons. The van der Waals surface area contributed by atoms with E-state index in [0.29, 0.717) is 17.1 Å². The number of benzene rings is 2. The summed E-state index contributed by atoms with van der Waals surface area (Å²) >= 11 is 7.38. The first-order valence-corrected chi connectivity index (χ1v) is 10.4. The number of hydrogen-bond donors (Lipinski definition) is 1. The number of carbonyl (C=O) groups excluding carboxylic acids is 2. The first kappa shape index (κ1) is 19.8. The molecule has 0 saturated carbocycles. The molecule has 2 aromatic rings. The van der Waals surface area contributed by atoms with Crippen LogP contribution in [0.3, 0.4) is 0 Å². The van der Waals surface area contributed by atoms with E-state index in [2.05, 4.69) is 5.32 Å². The first-order valence-electron chi connectivity index (χ1n) is 9.11. The molecule has 27 heavy (non-hydrogen) atoms. The van der Waals surface area contributed by atoms with E-state index >= 15 is 0 Å². The molecular formula is C21H23ClN2O2S. The van der Waals surface area contributed by atoms with Crippen molar-refractivity contribution in [2.75, 3.05) is 13.1 Å². The first-order chi connectivity index (χ1) is 13.0. The van der Waals surface area contributed by atoms with Gasteiger partial charge in [-0.1, -0.05) is 23.7 Å². The van der Waals surface area contributed by atoms with Crippen molar-refractivity contribution in [3.63, 3.8) is 0 Å². The zero-order valence-corrected chi connectivity index (χ0v) is 16.9. The van der Waals surface area contributed by atoms with Crippen molar-refractivity contribution in [3.05, 3.63) is 64.7 Å². The van der Waals surface area contributed by atoms with Gasteiger partial charge in [0, 0.05) is 35.1 Å². The molecular weight excluding hydrogens is 380 g/mol. The predicted molar refractivity (Wildman–Crippen MR) is 110 cm³/mol. The summed E-state index contributed by atoms with van der Waals surface area (Å²) < 4.78 is 0. The second-order valence-corrected chi connectivity index (χ2v) is 8.48. The quantitative estimate of drug-likeness (QED) is 0.730. The van der Waals surface area contributed by atoms with Crippen LogP contribution < -0.4 is 5.32 Å². The number of rotatable bonds is 6. The van der Waals surface area contributed by atoms with Crippen LogP contribution in [0.25, 0.3) is 0 Å². The van der Waals surface area contributed by atoms with Crippen molar-refractivity contribution < 1.29 is 9.59 Å². The van der Waals surface area contributed by atoms with Gasteiger partial charge < -0.3 is 10.2 Å². The number of nitrogens with zero attached hydrogens (tertiary/aromatic N) is 1.